The molecule has 5 nitrogen and oxygen atoms in total. The molecular weight excluding hydrogens is 292 g/mol. The van der Waals surface area contributed by atoms with Crippen LogP contribution in [0.5, 0.6) is 5.75 Å². The zero-order chi connectivity index (χ0) is 14.4. The summed E-state index contributed by atoms with van der Waals surface area (Å²) in [6.45, 7) is 1.04. The molecular formula is C15H23ClN2O3. The first-order valence-electron chi connectivity index (χ1n) is 6.97. The molecule has 118 valence electrons. The lowest BCUT2D eigenvalue weighted by Gasteiger charge is -2.15. The molecule has 0 aliphatic heterocycles. The van der Waals surface area contributed by atoms with Gasteiger partial charge in [0.2, 0.25) is 5.91 Å². The fourth-order valence-corrected chi connectivity index (χ4v) is 1.86. The third kappa shape index (κ3) is 5.91. The Morgan fingerprint density at radius 1 is 1.43 bits per heavy atom. The summed E-state index contributed by atoms with van der Waals surface area (Å²) in [7, 11) is 1.55. The van der Waals surface area contributed by atoms with Crippen LogP contribution < -0.4 is 15.8 Å². The summed E-state index contributed by atoms with van der Waals surface area (Å²) >= 11 is 0. The summed E-state index contributed by atoms with van der Waals surface area (Å²) < 4.78 is 10.9. The first kappa shape index (κ1) is 17.8. The Bertz CT molecular complexity index is 448. The number of para-hydroxylation sites is 2. The maximum absolute atomic E-state index is 11.9. The molecule has 0 saturated heterocycles. The lowest BCUT2D eigenvalue weighted by Crippen LogP contribution is -2.28. The van der Waals surface area contributed by atoms with Crippen molar-refractivity contribution in [3.63, 3.8) is 0 Å². The van der Waals surface area contributed by atoms with Gasteiger partial charge in [0.25, 0.3) is 0 Å². The quantitative estimate of drug-likeness (QED) is 0.771. The van der Waals surface area contributed by atoms with Crippen molar-refractivity contribution in [3.05, 3.63) is 24.3 Å². The molecule has 1 aromatic carbocycles. The van der Waals surface area contributed by atoms with Crippen molar-refractivity contribution in [1.29, 1.82) is 0 Å². The first-order valence-corrected chi connectivity index (χ1v) is 6.97. The van der Waals surface area contributed by atoms with E-state index in [0.717, 1.165) is 12.4 Å². The highest BCUT2D eigenvalue weighted by molar-refractivity contribution is 5.92. The maximum atomic E-state index is 11.9. The van der Waals surface area contributed by atoms with E-state index in [9.17, 15) is 4.79 Å². The van der Waals surface area contributed by atoms with Gasteiger partial charge in [-0.25, -0.2) is 0 Å². The highest BCUT2D eigenvalue weighted by atomic mass is 35.5. The summed E-state index contributed by atoms with van der Waals surface area (Å²) in [6, 6.07) is 7.48. The minimum absolute atomic E-state index is 0. The molecule has 1 aliphatic carbocycles. The number of nitrogens with two attached hydrogens (primary N) is 1. The number of rotatable bonds is 8. The first-order chi connectivity index (χ1) is 9.72. The molecule has 1 atom stereocenters. The number of hydrogen-bond donors (Lipinski definition) is 2. The van der Waals surface area contributed by atoms with Gasteiger partial charge in [-0.2, -0.15) is 0 Å². The van der Waals surface area contributed by atoms with Gasteiger partial charge in [0.15, 0.2) is 0 Å². The van der Waals surface area contributed by atoms with Gasteiger partial charge in [0.1, 0.15) is 5.75 Å². The number of nitrogens with one attached hydrogen (secondary N) is 1. The molecule has 1 aliphatic rings. The lowest BCUT2D eigenvalue weighted by molar-refractivity contribution is -0.118. The summed E-state index contributed by atoms with van der Waals surface area (Å²) in [4.78, 5) is 11.9. The number of anilines is 1. The Hall–Kier alpha value is -1.30. The predicted molar refractivity (Wildman–Crippen MR) is 85.0 cm³/mol. The van der Waals surface area contributed by atoms with Crippen LogP contribution in [0.4, 0.5) is 5.69 Å². The monoisotopic (exact) mass is 314 g/mol. The molecule has 0 radical (unpaired) electrons. The number of carbonyl (C=O) groups excluding carboxylic acids is 1. The van der Waals surface area contributed by atoms with Crippen LogP contribution in [0.15, 0.2) is 24.3 Å². The number of methoxy groups -OCH3 is 1. The normalized spacial score (nSPS) is 15.0. The predicted octanol–water partition coefficient (Wildman–Crippen LogP) is 2.20. The molecule has 1 fully saturated rings. The van der Waals surface area contributed by atoms with Gasteiger partial charge in [-0.1, -0.05) is 12.1 Å². The fraction of sp³-hybridized carbons (Fsp3) is 0.533. The van der Waals surface area contributed by atoms with E-state index in [4.69, 9.17) is 15.2 Å². The Labute approximate surface area is 131 Å². The van der Waals surface area contributed by atoms with Crippen molar-refractivity contribution in [1.82, 2.24) is 0 Å². The molecule has 1 unspecified atom stereocenters. The number of benzene rings is 1. The fourth-order valence-electron chi connectivity index (χ4n) is 1.86. The largest absolute Gasteiger partial charge is 0.491 e. The van der Waals surface area contributed by atoms with Crippen molar-refractivity contribution in [2.24, 2.45) is 11.7 Å². The highest BCUT2D eigenvalue weighted by Crippen LogP contribution is 2.31. The molecule has 1 amide bonds. The van der Waals surface area contributed by atoms with Crippen LogP contribution in [0.3, 0.4) is 0 Å². The van der Waals surface area contributed by atoms with Crippen molar-refractivity contribution < 1.29 is 14.3 Å². The van der Waals surface area contributed by atoms with Crippen molar-refractivity contribution in [2.75, 3.05) is 25.6 Å². The van der Waals surface area contributed by atoms with Crippen molar-refractivity contribution in [3.8, 4) is 5.75 Å². The van der Waals surface area contributed by atoms with Crippen LogP contribution in [0.1, 0.15) is 19.3 Å². The topological polar surface area (TPSA) is 73.6 Å². The number of ether oxygens (including phenoxy) is 2. The SMILES string of the molecule is COC(CN)CC(=O)Nc1ccccc1OCC1CC1.Cl. The molecule has 0 heterocycles. The lowest BCUT2D eigenvalue weighted by atomic mass is 10.2. The van der Waals surface area contributed by atoms with Gasteiger partial charge in [0, 0.05) is 13.7 Å². The second kappa shape index (κ2) is 8.87. The molecule has 0 spiro atoms. The van der Waals surface area contributed by atoms with Crippen LogP contribution in [0.25, 0.3) is 0 Å². The zero-order valence-electron chi connectivity index (χ0n) is 12.2. The number of halogens is 1. The van der Waals surface area contributed by atoms with E-state index in [1.54, 1.807) is 7.11 Å². The van der Waals surface area contributed by atoms with E-state index in [1.165, 1.54) is 12.8 Å². The van der Waals surface area contributed by atoms with Gasteiger partial charge in [0.05, 0.1) is 24.8 Å². The molecule has 1 saturated carbocycles. The number of hydrogen-bond acceptors (Lipinski definition) is 4. The molecule has 3 N–H and O–H groups in total. The zero-order valence-corrected chi connectivity index (χ0v) is 13.0. The highest BCUT2D eigenvalue weighted by Gasteiger charge is 2.22. The van der Waals surface area contributed by atoms with Gasteiger partial charge in [-0.05, 0) is 30.9 Å². The van der Waals surface area contributed by atoms with Crippen LogP contribution >= 0.6 is 12.4 Å². The average Bonchev–Trinajstić information content (AvgIpc) is 3.28. The molecule has 6 heteroatoms. The van der Waals surface area contributed by atoms with E-state index < -0.39 is 0 Å². The van der Waals surface area contributed by atoms with E-state index in [-0.39, 0.29) is 30.8 Å². The minimum Gasteiger partial charge on any atom is -0.491 e. The molecule has 21 heavy (non-hydrogen) atoms. The summed E-state index contributed by atoms with van der Waals surface area (Å²) in [6.07, 6.45) is 2.46. The van der Waals surface area contributed by atoms with E-state index in [1.807, 2.05) is 24.3 Å². The van der Waals surface area contributed by atoms with Crippen LogP contribution in [0.2, 0.25) is 0 Å². The van der Waals surface area contributed by atoms with Crippen LogP contribution in [0, 0.1) is 5.92 Å². The Morgan fingerprint density at radius 2 is 2.14 bits per heavy atom. The number of carbonyl (C=O) groups is 1. The summed E-state index contributed by atoms with van der Waals surface area (Å²) in [5.41, 5.74) is 6.21. The smallest absolute Gasteiger partial charge is 0.227 e. The third-order valence-corrected chi connectivity index (χ3v) is 3.34. The van der Waals surface area contributed by atoms with Gasteiger partial charge in [-0.15, -0.1) is 12.4 Å². The molecule has 0 aromatic heterocycles. The Kier molecular flexibility index (Phi) is 7.50. The van der Waals surface area contributed by atoms with Gasteiger partial charge >= 0.3 is 0 Å². The Balaban J connectivity index is 0.00000220. The standard InChI is InChI=1S/C15H22N2O3.ClH/c1-19-12(9-16)8-15(18)17-13-4-2-3-5-14(13)20-10-11-6-7-11;/h2-5,11-12H,6-10,16H2,1H3,(H,17,18);1H. The second-order valence-corrected chi connectivity index (χ2v) is 5.10. The summed E-state index contributed by atoms with van der Waals surface area (Å²) in [5.74, 6) is 1.27. The Morgan fingerprint density at radius 3 is 2.76 bits per heavy atom. The maximum Gasteiger partial charge on any atom is 0.227 e. The van der Waals surface area contributed by atoms with Crippen molar-refractivity contribution in [2.45, 2.75) is 25.4 Å². The minimum atomic E-state index is -0.255. The van der Waals surface area contributed by atoms with E-state index in [2.05, 4.69) is 5.32 Å². The van der Waals surface area contributed by atoms with Crippen LogP contribution in [-0.4, -0.2) is 32.3 Å². The van der Waals surface area contributed by atoms with Gasteiger partial charge < -0.3 is 20.5 Å². The van der Waals surface area contributed by atoms with E-state index >= 15 is 0 Å². The molecule has 1 aromatic rings. The average molecular weight is 315 g/mol. The third-order valence-electron chi connectivity index (χ3n) is 3.34. The van der Waals surface area contributed by atoms with Gasteiger partial charge in [-0.3, -0.25) is 4.79 Å². The molecule has 0 bridgehead atoms. The van der Waals surface area contributed by atoms with Crippen molar-refractivity contribution >= 4 is 24.0 Å². The molecule has 2 rings (SSSR count). The van der Waals surface area contributed by atoms with Crippen LogP contribution in [-0.2, 0) is 9.53 Å². The van der Waals surface area contributed by atoms with E-state index in [0.29, 0.717) is 18.2 Å². The summed E-state index contributed by atoms with van der Waals surface area (Å²) in [5, 5.41) is 2.85. The second-order valence-electron chi connectivity index (χ2n) is 5.10. The number of amides is 1.